The molecule has 2 aromatic rings. The third kappa shape index (κ3) is 5.19. The van der Waals surface area contributed by atoms with Crippen LogP contribution in [-0.2, 0) is 11.0 Å². The third-order valence-electron chi connectivity index (χ3n) is 3.73. The number of nitrogens with zero attached hydrogens (tertiary/aromatic N) is 2. The summed E-state index contributed by atoms with van der Waals surface area (Å²) in [6, 6.07) is 7.78. The van der Waals surface area contributed by atoms with Gasteiger partial charge in [0, 0.05) is 13.2 Å². The van der Waals surface area contributed by atoms with E-state index in [0.717, 1.165) is 29.6 Å². The van der Waals surface area contributed by atoms with Crippen molar-refractivity contribution in [2.75, 3.05) is 12.8 Å². The second-order valence-electron chi connectivity index (χ2n) is 5.40. The van der Waals surface area contributed by atoms with Crippen LogP contribution in [0.5, 0.6) is 0 Å². The lowest BCUT2D eigenvalue weighted by Gasteiger charge is -2.25. The van der Waals surface area contributed by atoms with E-state index < -0.39 is 11.7 Å². The zero-order chi connectivity index (χ0) is 18.6. The Balaban J connectivity index is 1.94. The van der Waals surface area contributed by atoms with Gasteiger partial charge in [0.25, 0.3) is 0 Å². The Labute approximate surface area is 147 Å². The number of thioether (sulfide) groups is 1. The molecule has 0 N–H and O–H groups in total. The molecule has 0 bridgehead atoms. The number of carbonyl (C=O) groups is 1. The number of halogens is 4. The molecule has 1 aromatic carbocycles. The van der Waals surface area contributed by atoms with Gasteiger partial charge in [-0.05, 0) is 36.8 Å². The van der Waals surface area contributed by atoms with Crippen molar-refractivity contribution < 1.29 is 22.4 Å². The highest BCUT2D eigenvalue weighted by Gasteiger charge is 2.30. The standard InChI is InChI=1S/C17H16F4N2OS/c1-11(12-3-6-14(18)7-4-12)23(2)16(24)10-25-15-8-5-13(9-22-15)17(19,20)21/h3-9,11H,10H2,1-2H3. The van der Waals surface area contributed by atoms with Crippen molar-refractivity contribution in [2.24, 2.45) is 0 Å². The summed E-state index contributed by atoms with van der Waals surface area (Å²) in [5.74, 6) is -0.516. The average molecular weight is 372 g/mol. The maximum Gasteiger partial charge on any atom is 0.417 e. The SMILES string of the molecule is CC(c1ccc(F)cc1)N(C)C(=O)CSc1ccc(C(F)(F)F)cn1. The molecule has 0 aliphatic heterocycles. The maximum atomic E-state index is 13.0. The largest absolute Gasteiger partial charge is 0.417 e. The molecule has 2 rings (SSSR count). The van der Waals surface area contributed by atoms with Gasteiger partial charge in [-0.2, -0.15) is 13.2 Å². The van der Waals surface area contributed by atoms with Crippen LogP contribution >= 0.6 is 11.8 Å². The summed E-state index contributed by atoms with van der Waals surface area (Å²) >= 11 is 1.06. The van der Waals surface area contributed by atoms with E-state index in [1.54, 1.807) is 19.2 Å². The lowest BCUT2D eigenvalue weighted by atomic mass is 10.1. The van der Waals surface area contributed by atoms with Crippen molar-refractivity contribution in [1.29, 1.82) is 0 Å². The first kappa shape index (κ1) is 19.2. The minimum absolute atomic E-state index is 0.0421. The molecule has 1 atom stereocenters. The van der Waals surface area contributed by atoms with E-state index in [-0.39, 0.29) is 23.5 Å². The van der Waals surface area contributed by atoms with Gasteiger partial charge in [-0.15, -0.1) is 0 Å². The lowest BCUT2D eigenvalue weighted by molar-refractivity contribution is -0.138. The van der Waals surface area contributed by atoms with Crippen LogP contribution in [0.1, 0.15) is 24.1 Å². The van der Waals surface area contributed by atoms with Gasteiger partial charge in [0.15, 0.2) is 0 Å². The molecule has 0 radical (unpaired) electrons. The smallest absolute Gasteiger partial charge is 0.338 e. The molecule has 0 saturated carbocycles. The Morgan fingerprint density at radius 3 is 2.36 bits per heavy atom. The molecule has 8 heteroatoms. The predicted molar refractivity (Wildman–Crippen MR) is 87.5 cm³/mol. The zero-order valence-corrected chi connectivity index (χ0v) is 14.4. The average Bonchev–Trinajstić information content (AvgIpc) is 2.58. The van der Waals surface area contributed by atoms with Gasteiger partial charge >= 0.3 is 6.18 Å². The summed E-state index contributed by atoms with van der Waals surface area (Å²) < 4.78 is 50.4. The van der Waals surface area contributed by atoms with Gasteiger partial charge in [-0.25, -0.2) is 9.37 Å². The molecule has 1 aromatic heterocycles. The number of pyridine rings is 1. The van der Waals surface area contributed by atoms with Gasteiger partial charge in [-0.1, -0.05) is 23.9 Å². The van der Waals surface area contributed by atoms with E-state index in [4.69, 9.17) is 0 Å². The molecule has 3 nitrogen and oxygen atoms in total. The van der Waals surface area contributed by atoms with Crippen LogP contribution in [0.3, 0.4) is 0 Å². The normalized spacial score (nSPS) is 12.7. The van der Waals surface area contributed by atoms with Crippen molar-refractivity contribution in [3.8, 4) is 0 Å². The van der Waals surface area contributed by atoms with Crippen molar-refractivity contribution in [3.63, 3.8) is 0 Å². The number of amides is 1. The topological polar surface area (TPSA) is 33.2 Å². The highest BCUT2D eigenvalue weighted by atomic mass is 32.2. The molecular formula is C17H16F4N2OS. The van der Waals surface area contributed by atoms with Gasteiger partial charge in [0.2, 0.25) is 5.91 Å². The second kappa shape index (κ2) is 7.86. The molecule has 25 heavy (non-hydrogen) atoms. The predicted octanol–water partition coefficient (Wildman–Crippen LogP) is 4.55. The molecular weight excluding hydrogens is 356 g/mol. The summed E-state index contributed by atoms with van der Waals surface area (Å²) in [5, 5.41) is 0.337. The van der Waals surface area contributed by atoms with E-state index in [1.807, 2.05) is 6.92 Å². The number of carbonyl (C=O) groups excluding carboxylic acids is 1. The minimum atomic E-state index is -4.43. The molecule has 0 aliphatic rings. The number of hydrogen-bond donors (Lipinski definition) is 0. The Morgan fingerprint density at radius 1 is 1.20 bits per heavy atom. The van der Waals surface area contributed by atoms with E-state index in [2.05, 4.69) is 4.98 Å². The van der Waals surface area contributed by atoms with E-state index in [1.165, 1.54) is 23.1 Å². The third-order valence-corrected chi connectivity index (χ3v) is 4.66. The van der Waals surface area contributed by atoms with Crippen LogP contribution < -0.4 is 0 Å². The summed E-state index contributed by atoms with van der Waals surface area (Å²) in [6.45, 7) is 1.81. The van der Waals surface area contributed by atoms with Crippen LogP contribution in [0, 0.1) is 5.82 Å². The van der Waals surface area contributed by atoms with Crippen molar-refractivity contribution in [1.82, 2.24) is 9.88 Å². The number of aromatic nitrogens is 1. The number of benzene rings is 1. The highest BCUT2D eigenvalue weighted by molar-refractivity contribution is 7.99. The lowest BCUT2D eigenvalue weighted by Crippen LogP contribution is -2.31. The Bertz CT molecular complexity index is 717. The fourth-order valence-electron chi connectivity index (χ4n) is 2.05. The van der Waals surface area contributed by atoms with Crippen molar-refractivity contribution in [2.45, 2.75) is 24.2 Å². The monoisotopic (exact) mass is 372 g/mol. The van der Waals surface area contributed by atoms with Crippen LogP contribution in [0.2, 0.25) is 0 Å². The Hall–Kier alpha value is -2.09. The van der Waals surface area contributed by atoms with Crippen LogP contribution in [-0.4, -0.2) is 28.6 Å². The second-order valence-corrected chi connectivity index (χ2v) is 6.40. The van der Waals surface area contributed by atoms with Crippen LogP contribution in [0.15, 0.2) is 47.6 Å². The summed E-state index contributed by atoms with van der Waals surface area (Å²) in [4.78, 5) is 17.5. The van der Waals surface area contributed by atoms with Gasteiger partial charge in [0.1, 0.15) is 5.82 Å². The molecule has 0 spiro atoms. The van der Waals surface area contributed by atoms with Crippen LogP contribution in [0.4, 0.5) is 17.6 Å². The number of alkyl halides is 3. The molecule has 1 unspecified atom stereocenters. The summed E-state index contributed by atoms with van der Waals surface area (Å²) in [6.07, 6.45) is -3.69. The summed E-state index contributed by atoms with van der Waals surface area (Å²) in [5.41, 5.74) is -0.0415. The van der Waals surface area contributed by atoms with Crippen molar-refractivity contribution >= 4 is 17.7 Å². The number of hydrogen-bond acceptors (Lipinski definition) is 3. The fourth-order valence-corrected chi connectivity index (χ4v) is 2.82. The van der Waals surface area contributed by atoms with E-state index >= 15 is 0 Å². The first-order valence-corrected chi connectivity index (χ1v) is 8.34. The van der Waals surface area contributed by atoms with E-state index in [0.29, 0.717) is 5.03 Å². The Morgan fingerprint density at radius 2 is 1.84 bits per heavy atom. The molecule has 0 fully saturated rings. The van der Waals surface area contributed by atoms with Crippen LogP contribution in [0.25, 0.3) is 0 Å². The molecule has 1 amide bonds. The Kier molecular flexibility index (Phi) is 6.05. The molecule has 134 valence electrons. The highest BCUT2D eigenvalue weighted by Crippen LogP contribution is 2.29. The molecule has 1 heterocycles. The van der Waals surface area contributed by atoms with Gasteiger partial charge < -0.3 is 4.90 Å². The maximum absolute atomic E-state index is 13.0. The zero-order valence-electron chi connectivity index (χ0n) is 13.5. The first-order chi connectivity index (χ1) is 11.7. The quantitative estimate of drug-likeness (QED) is 0.570. The number of rotatable bonds is 5. The van der Waals surface area contributed by atoms with Gasteiger partial charge in [0.05, 0.1) is 22.4 Å². The first-order valence-electron chi connectivity index (χ1n) is 7.35. The van der Waals surface area contributed by atoms with Gasteiger partial charge in [-0.3, -0.25) is 4.79 Å². The van der Waals surface area contributed by atoms with Crippen molar-refractivity contribution in [3.05, 3.63) is 59.5 Å². The summed E-state index contributed by atoms with van der Waals surface area (Å²) in [7, 11) is 1.62. The van der Waals surface area contributed by atoms with E-state index in [9.17, 15) is 22.4 Å². The fraction of sp³-hybridized carbons (Fsp3) is 0.294. The minimum Gasteiger partial charge on any atom is -0.338 e. The molecule has 0 saturated heterocycles. The molecule has 0 aliphatic carbocycles.